The van der Waals surface area contributed by atoms with E-state index in [0.717, 1.165) is 6.08 Å². The Labute approximate surface area is 83.4 Å². The summed E-state index contributed by atoms with van der Waals surface area (Å²) in [6, 6.07) is 0. The number of allylic oxidation sites excluding steroid dienone is 2. The summed E-state index contributed by atoms with van der Waals surface area (Å²) in [6.07, 6.45) is 3.86. The van der Waals surface area contributed by atoms with Crippen LogP contribution in [0.5, 0.6) is 0 Å². The van der Waals surface area contributed by atoms with E-state index in [4.69, 9.17) is 15.8 Å². The molecular weight excluding hydrogens is 212 g/mol. The second kappa shape index (κ2) is 5.72. The van der Waals surface area contributed by atoms with Crippen LogP contribution in [0, 0.1) is 0 Å². The van der Waals surface area contributed by atoms with Crippen molar-refractivity contribution in [2.75, 3.05) is 0 Å². The molecule has 0 fully saturated rings. The largest absolute Gasteiger partial charge is 0.478 e. The number of rotatable bonds is 4. The van der Waals surface area contributed by atoms with Crippen LogP contribution in [0.25, 0.3) is 0 Å². The highest BCUT2D eigenvalue weighted by Crippen LogP contribution is 2.11. The predicted octanol–water partition coefficient (Wildman–Crippen LogP) is 1.99. The lowest BCUT2D eigenvalue weighted by Gasteiger charge is -1.95. The molecular formula is C8H9ClO3S. The molecule has 0 bridgehead atoms. The standard InChI is InChI=1S/C8H9ClO3S/c1-3-6(8(10)11)5-7(4-2)13(9)12/h3-5H,1H2,2H3,(H,10,11)/b6-5+,7-4+. The Balaban J connectivity index is 4.98. The Hall–Kier alpha value is -0.870. The van der Waals surface area contributed by atoms with Gasteiger partial charge in [0, 0.05) is 0 Å². The minimum Gasteiger partial charge on any atom is -0.478 e. The number of carboxylic acids is 1. The summed E-state index contributed by atoms with van der Waals surface area (Å²) in [6.45, 7) is 4.93. The molecule has 5 heteroatoms. The molecule has 1 N–H and O–H groups in total. The molecule has 0 radical (unpaired) electrons. The van der Waals surface area contributed by atoms with Gasteiger partial charge in [0.05, 0.1) is 10.5 Å². The summed E-state index contributed by atoms with van der Waals surface area (Å²) >= 11 is 0. The molecule has 0 rings (SSSR count). The first kappa shape index (κ1) is 12.1. The van der Waals surface area contributed by atoms with E-state index in [1.54, 1.807) is 6.92 Å². The molecule has 13 heavy (non-hydrogen) atoms. The SMILES string of the molecule is C=C/C(=C\C(=C/C)S(=O)Cl)C(=O)O. The van der Waals surface area contributed by atoms with Gasteiger partial charge in [-0.15, -0.1) is 0 Å². The maximum absolute atomic E-state index is 10.8. The Morgan fingerprint density at radius 2 is 2.15 bits per heavy atom. The fourth-order valence-corrected chi connectivity index (χ4v) is 1.39. The van der Waals surface area contributed by atoms with Gasteiger partial charge in [0.1, 0.15) is 10.0 Å². The molecule has 0 aliphatic rings. The Kier molecular flexibility index (Phi) is 5.34. The highest BCUT2D eigenvalue weighted by molar-refractivity contribution is 8.11. The van der Waals surface area contributed by atoms with Crippen LogP contribution in [0.15, 0.2) is 35.3 Å². The zero-order valence-corrected chi connectivity index (χ0v) is 8.56. The highest BCUT2D eigenvalue weighted by atomic mass is 35.7. The molecule has 0 aliphatic carbocycles. The lowest BCUT2D eigenvalue weighted by molar-refractivity contribution is -0.132. The summed E-state index contributed by atoms with van der Waals surface area (Å²) in [7, 11) is 3.59. The molecule has 0 aromatic carbocycles. The van der Waals surface area contributed by atoms with Crippen LogP contribution in [0.1, 0.15) is 6.92 Å². The van der Waals surface area contributed by atoms with Crippen LogP contribution >= 0.6 is 10.7 Å². The summed E-state index contributed by atoms with van der Waals surface area (Å²) < 4.78 is 10.8. The van der Waals surface area contributed by atoms with E-state index in [2.05, 4.69) is 6.58 Å². The highest BCUT2D eigenvalue weighted by Gasteiger charge is 2.06. The van der Waals surface area contributed by atoms with Crippen molar-refractivity contribution in [1.29, 1.82) is 0 Å². The normalized spacial score (nSPS) is 15.2. The van der Waals surface area contributed by atoms with Crippen LogP contribution < -0.4 is 0 Å². The van der Waals surface area contributed by atoms with E-state index in [1.807, 2.05) is 0 Å². The van der Waals surface area contributed by atoms with Gasteiger partial charge >= 0.3 is 5.97 Å². The molecule has 0 aliphatic heterocycles. The molecule has 3 nitrogen and oxygen atoms in total. The molecule has 0 saturated heterocycles. The van der Waals surface area contributed by atoms with E-state index in [0.29, 0.717) is 0 Å². The van der Waals surface area contributed by atoms with Gasteiger partial charge in [0.15, 0.2) is 0 Å². The van der Waals surface area contributed by atoms with Gasteiger partial charge in [-0.25, -0.2) is 9.00 Å². The third kappa shape index (κ3) is 4.05. The molecule has 0 heterocycles. The molecule has 0 spiro atoms. The van der Waals surface area contributed by atoms with Gasteiger partial charge < -0.3 is 5.11 Å². The second-order valence-electron chi connectivity index (χ2n) is 2.02. The van der Waals surface area contributed by atoms with E-state index in [-0.39, 0.29) is 10.5 Å². The van der Waals surface area contributed by atoms with Crippen molar-refractivity contribution < 1.29 is 14.1 Å². The van der Waals surface area contributed by atoms with Gasteiger partial charge in [-0.05, 0) is 23.7 Å². The minimum absolute atomic E-state index is 0.0397. The first-order valence-electron chi connectivity index (χ1n) is 3.34. The minimum atomic E-state index is -1.70. The maximum atomic E-state index is 10.8. The van der Waals surface area contributed by atoms with Crippen molar-refractivity contribution in [2.24, 2.45) is 0 Å². The van der Waals surface area contributed by atoms with Crippen molar-refractivity contribution in [1.82, 2.24) is 0 Å². The molecule has 0 aromatic heterocycles. The van der Waals surface area contributed by atoms with E-state index in [9.17, 15) is 9.00 Å². The van der Waals surface area contributed by atoms with Gasteiger partial charge in [0.25, 0.3) is 0 Å². The van der Waals surface area contributed by atoms with Crippen molar-refractivity contribution in [3.8, 4) is 0 Å². The van der Waals surface area contributed by atoms with Crippen LogP contribution in [0.3, 0.4) is 0 Å². The van der Waals surface area contributed by atoms with E-state index in [1.165, 1.54) is 12.2 Å². The molecule has 1 unspecified atom stereocenters. The predicted molar refractivity (Wildman–Crippen MR) is 53.7 cm³/mol. The molecule has 0 amide bonds. The summed E-state index contributed by atoms with van der Waals surface area (Å²) in [5.74, 6) is -1.13. The molecule has 72 valence electrons. The number of aliphatic carboxylic acids is 1. The average molecular weight is 221 g/mol. The lowest BCUT2D eigenvalue weighted by Crippen LogP contribution is -1.98. The number of hydrogen-bond donors (Lipinski definition) is 1. The van der Waals surface area contributed by atoms with E-state index >= 15 is 0 Å². The molecule has 0 aromatic rings. The third-order valence-corrected chi connectivity index (χ3v) is 2.49. The monoisotopic (exact) mass is 220 g/mol. The van der Waals surface area contributed by atoms with Gasteiger partial charge in [-0.3, -0.25) is 0 Å². The van der Waals surface area contributed by atoms with E-state index < -0.39 is 16.0 Å². The zero-order valence-electron chi connectivity index (χ0n) is 6.99. The number of carboxylic acid groups (broad SMARTS) is 1. The fraction of sp³-hybridized carbons (Fsp3) is 0.125. The molecule has 1 atom stereocenters. The van der Waals surface area contributed by atoms with Crippen LogP contribution in [-0.2, 0) is 14.8 Å². The maximum Gasteiger partial charge on any atom is 0.335 e. The van der Waals surface area contributed by atoms with Crippen LogP contribution in [-0.4, -0.2) is 15.3 Å². The summed E-state index contributed by atoms with van der Waals surface area (Å²) in [5.41, 5.74) is -0.0397. The quantitative estimate of drug-likeness (QED) is 0.448. The Morgan fingerprint density at radius 3 is 2.38 bits per heavy atom. The van der Waals surface area contributed by atoms with Crippen molar-refractivity contribution in [3.63, 3.8) is 0 Å². The van der Waals surface area contributed by atoms with Crippen molar-refractivity contribution in [3.05, 3.63) is 35.3 Å². The average Bonchev–Trinajstić information content (AvgIpc) is 2.05. The zero-order chi connectivity index (χ0) is 10.4. The van der Waals surface area contributed by atoms with Crippen LogP contribution in [0.4, 0.5) is 0 Å². The Bertz CT molecular complexity index is 305. The van der Waals surface area contributed by atoms with Crippen molar-refractivity contribution >= 4 is 26.7 Å². The van der Waals surface area contributed by atoms with Gasteiger partial charge in [-0.1, -0.05) is 18.7 Å². The number of carbonyl (C=O) groups is 1. The van der Waals surface area contributed by atoms with Gasteiger partial charge in [-0.2, -0.15) is 0 Å². The summed E-state index contributed by atoms with van der Waals surface area (Å²) in [4.78, 5) is 10.7. The van der Waals surface area contributed by atoms with Crippen molar-refractivity contribution in [2.45, 2.75) is 6.92 Å². The topological polar surface area (TPSA) is 54.4 Å². The lowest BCUT2D eigenvalue weighted by atomic mass is 10.2. The van der Waals surface area contributed by atoms with Crippen LogP contribution in [0.2, 0.25) is 0 Å². The first-order valence-corrected chi connectivity index (χ1v) is 5.32. The smallest absolute Gasteiger partial charge is 0.335 e. The third-order valence-electron chi connectivity index (χ3n) is 1.23. The molecule has 0 saturated carbocycles. The Morgan fingerprint density at radius 1 is 1.62 bits per heavy atom. The first-order chi connectivity index (χ1) is 6.02. The number of halogens is 1. The summed E-state index contributed by atoms with van der Waals surface area (Å²) in [5, 5.41) is 8.59. The number of hydrogen-bond acceptors (Lipinski definition) is 2. The van der Waals surface area contributed by atoms with Gasteiger partial charge in [0.2, 0.25) is 0 Å². The fourth-order valence-electron chi connectivity index (χ4n) is 0.584. The second-order valence-corrected chi connectivity index (χ2v) is 3.78.